The number of fused-ring (bicyclic) bond motifs is 1. The zero-order valence-corrected chi connectivity index (χ0v) is 18.0. The first kappa shape index (κ1) is 21.3. The predicted octanol–water partition coefficient (Wildman–Crippen LogP) is 2.79. The van der Waals surface area contributed by atoms with Crippen molar-refractivity contribution in [3.8, 4) is 5.75 Å². The van der Waals surface area contributed by atoms with Crippen LogP contribution in [0.3, 0.4) is 0 Å². The molecule has 0 saturated carbocycles. The van der Waals surface area contributed by atoms with Crippen molar-refractivity contribution in [1.29, 1.82) is 0 Å². The van der Waals surface area contributed by atoms with Gasteiger partial charge >= 0.3 is 0 Å². The van der Waals surface area contributed by atoms with Gasteiger partial charge in [-0.05, 0) is 38.0 Å². The van der Waals surface area contributed by atoms with E-state index in [1.165, 1.54) is 5.56 Å². The zero-order valence-electron chi connectivity index (χ0n) is 18.0. The molecule has 0 spiro atoms. The van der Waals surface area contributed by atoms with Crippen LogP contribution in [-0.4, -0.2) is 44.8 Å². The standard InChI is InChI=1S/C22H33N5O2/c1-5-17(4)22(28)23-14-21-25-24-20-10-11-26(12-13-27(20)21)15-18-6-8-19(9-7-18)29-16(2)3/h6-9,16-17H,5,10-15H2,1-4H3,(H,23,28)/t17-/m0/s1. The van der Waals surface area contributed by atoms with Gasteiger partial charge < -0.3 is 14.6 Å². The van der Waals surface area contributed by atoms with Crippen molar-refractivity contribution in [2.24, 2.45) is 5.92 Å². The van der Waals surface area contributed by atoms with Gasteiger partial charge in [-0.25, -0.2) is 0 Å². The Labute approximate surface area is 173 Å². The van der Waals surface area contributed by atoms with Crippen LogP contribution in [0.5, 0.6) is 5.75 Å². The Morgan fingerprint density at radius 2 is 1.90 bits per heavy atom. The van der Waals surface area contributed by atoms with Gasteiger partial charge in [-0.15, -0.1) is 10.2 Å². The summed E-state index contributed by atoms with van der Waals surface area (Å²) in [5.74, 6) is 2.85. The summed E-state index contributed by atoms with van der Waals surface area (Å²) >= 11 is 0. The summed E-state index contributed by atoms with van der Waals surface area (Å²) in [5.41, 5.74) is 1.28. The molecule has 1 atom stereocenters. The highest BCUT2D eigenvalue weighted by molar-refractivity contribution is 5.78. The Hall–Kier alpha value is -2.41. The molecule has 3 rings (SSSR count). The summed E-state index contributed by atoms with van der Waals surface area (Å²) in [5, 5.41) is 11.7. The van der Waals surface area contributed by atoms with Gasteiger partial charge in [0.15, 0.2) is 5.82 Å². The van der Waals surface area contributed by atoms with Crippen molar-refractivity contribution in [3.05, 3.63) is 41.5 Å². The van der Waals surface area contributed by atoms with Gasteiger partial charge in [0.2, 0.25) is 5.91 Å². The molecule has 2 heterocycles. The lowest BCUT2D eigenvalue weighted by molar-refractivity contribution is -0.124. The number of ether oxygens (including phenoxy) is 1. The Kier molecular flexibility index (Phi) is 7.25. The zero-order chi connectivity index (χ0) is 20.8. The van der Waals surface area contributed by atoms with Crippen LogP contribution < -0.4 is 10.1 Å². The fraction of sp³-hybridized carbons (Fsp3) is 0.591. The van der Waals surface area contributed by atoms with E-state index in [1.54, 1.807) is 0 Å². The molecular formula is C22H33N5O2. The van der Waals surface area contributed by atoms with Crippen LogP contribution in [-0.2, 0) is 30.8 Å². The summed E-state index contributed by atoms with van der Waals surface area (Å²) < 4.78 is 7.89. The second-order valence-corrected chi connectivity index (χ2v) is 8.05. The molecule has 158 valence electrons. The van der Waals surface area contributed by atoms with Crippen molar-refractivity contribution >= 4 is 5.91 Å². The maximum atomic E-state index is 12.1. The number of hydrogen-bond acceptors (Lipinski definition) is 5. The summed E-state index contributed by atoms with van der Waals surface area (Å²) in [4.78, 5) is 14.5. The number of nitrogens with one attached hydrogen (secondary N) is 1. The maximum absolute atomic E-state index is 12.1. The normalized spacial score (nSPS) is 15.6. The molecule has 0 radical (unpaired) electrons. The molecule has 1 N–H and O–H groups in total. The Bertz CT molecular complexity index is 800. The molecule has 1 aliphatic heterocycles. The van der Waals surface area contributed by atoms with Crippen LogP contribution in [0.25, 0.3) is 0 Å². The van der Waals surface area contributed by atoms with Crippen LogP contribution >= 0.6 is 0 Å². The first-order valence-corrected chi connectivity index (χ1v) is 10.6. The Morgan fingerprint density at radius 1 is 1.14 bits per heavy atom. The molecule has 29 heavy (non-hydrogen) atoms. The summed E-state index contributed by atoms with van der Waals surface area (Å²) in [6.45, 7) is 12.1. The third-order valence-corrected chi connectivity index (χ3v) is 5.38. The summed E-state index contributed by atoms with van der Waals surface area (Å²) in [6, 6.07) is 8.36. The lowest BCUT2D eigenvalue weighted by Crippen LogP contribution is -2.30. The van der Waals surface area contributed by atoms with Crippen LogP contribution in [0, 0.1) is 5.92 Å². The first-order chi connectivity index (χ1) is 14.0. The van der Waals surface area contributed by atoms with Crippen molar-refractivity contribution in [2.45, 2.75) is 66.3 Å². The number of nitrogens with zero attached hydrogens (tertiary/aromatic N) is 4. The minimum atomic E-state index is 0.0225. The van der Waals surface area contributed by atoms with E-state index in [2.05, 4.69) is 37.1 Å². The molecule has 0 unspecified atom stereocenters. The van der Waals surface area contributed by atoms with E-state index < -0.39 is 0 Å². The largest absolute Gasteiger partial charge is 0.491 e. The van der Waals surface area contributed by atoms with Gasteiger partial charge in [0.25, 0.3) is 0 Å². The molecule has 1 aliphatic rings. The molecule has 1 amide bonds. The van der Waals surface area contributed by atoms with Gasteiger partial charge in [-0.1, -0.05) is 26.0 Å². The van der Waals surface area contributed by atoms with Gasteiger partial charge in [-0.3, -0.25) is 9.69 Å². The average Bonchev–Trinajstić information content (AvgIpc) is 2.99. The van der Waals surface area contributed by atoms with Crippen molar-refractivity contribution in [2.75, 3.05) is 13.1 Å². The third-order valence-electron chi connectivity index (χ3n) is 5.38. The fourth-order valence-corrected chi connectivity index (χ4v) is 3.45. The lowest BCUT2D eigenvalue weighted by Gasteiger charge is -2.20. The number of hydrogen-bond donors (Lipinski definition) is 1. The van der Waals surface area contributed by atoms with Crippen LogP contribution in [0.4, 0.5) is 0 Å². The number of amides is 1. The van der Waals surface area contributed by atoms with E-state index in [4.69, 9.17) is 4.74 Å². The summed E-state index contributed by atoms with van der Waals surface area (Å²) in [7, 11) is 0. The molecule has 1 aromatic heterocycles. The van der Waals surface area contributed by atoms with Gasteiger partial charge in [0.1, 0.15) is 11.6 Å². The topological polar surface area (TPSA) is 72.3 Å². The van der Waals surface area contributed by atoms with Gasteiger partial charge in [0.05, 0.1) is 12.6 Å². The van der Waals surface area contributed by atoms with Crippen molar-refractivity contribution in [3.63, 3.8) is 0 Å². The molecule has 2 aromatic rings. The van der Waals surface area contributed by atoms with Crippen LogP contribution in [0.15, 0.2) is 24.3 Å². The second-order valence-electron chi connectivity index (χ2n) is 8.05. The molecule has 0 aliphatic carbocycles. The van der Waals surface area contributed by atoms with E-state index in [-0.39, 0.29) is 17.9 Å². The van der Waals surface area contributed by atoms with Gasteiger partial charge in [0, 0.05) is 38.5 Å². The average molecular weight is 400 g/mol. The SMILES string of the molecule is CC[C@H](C)C(=O)NCc1nnc2n1CCN(Cc1ccc(OC(C)C)cc1)CC2. The van der Waals surface area contributed by atoms with Crippen molar-refractivity contribution in [1.82, 2.24) is 25.0 Å². The smallest absolute Gasteiger partial charge is 0.223 e. The molecule has 1 aromatic carbocycles. The molecular weight excluding hydrogens is 366 g/mol. The highest BCUT2D eigenvalue weighted by Gasteiger charge is 2.19. The minimum Gasteiger partial charge on any atom is -0.491 e. The second kappa shape index (κ2) is 9.87. The molecule has 7 heteroatoms. The first-order valence-electron chi connectivity index (χ1n) is 10.6. The van der Waals surface area contributed by atoms with E-state index in [1.807, 2.05) is 39.8 Å². The van der Waals surface area contributed by atoms with E-state index in [9.17, 15) is 4.79 Å². The molecule has 7 nitrogen and oxygen atoms in total. The lowest BCUT2D eigenvalue weighted by atomic mass is 10.1. The number of benzene rings is 1. The summed E-state index contributed by atoms with van der Waals surface area (Å²) in [6.07, 6.45) is 1.89. The minimum absolute atomic E-state index is 0.0225. The van der Waals surface area contributed by atoms with Crippen LogP contribution in [0.1, 0.15) is 51.3 Å². The van der Waals surface area contributed by atoms with E-state index in [0.717, 1.165) is 56.4 Å². The monoisotopic (exact) mass is 399 g/mol. The van der Waals surface area contributed by atoms with Crippen LogP contribution in [0.2, 0.25) is 0 Å². The third kappa shape index (κ3) is 5.79. The number of rotatable bonds is 8. The number of carbonyl (C=O) groups is 1. The number of carbonyl (C=O) groups excluding carboxylic acids is 1. The van der Waals surface area contributed by atoms with E-state index >= 15 is 0 Å². The molecule has 0 fully saturated rings. The molecule has 0 bridgehead atoms. The Morgan fingerprint density at radius 3 is 2.59 bits per heavy atom. The predicted molar refractivity (Wildman–Crippen MR) is 113 cm³/mol. The van der Waals surface area contributed by atoms with Crippen molar-refractivity contribution < 1.29 is 9.53 Å². The highest BCUT2D eigenvalue weighted by Crippen LogP contribution is 2.17. The number of aromatic nitrogens is 3. The fourth-order valence-electron chi connectivity index (χ4n) is 3.45. The highest BCUT2D eigenvalue weighted by atomic mass is 16.5. The molecule has 0 saturated heterocycles. The maximum Gasteiger partial charge on any atom is 0.223 e. The van der Waals surface area contributed by atoms with Gasteiger partial charge in [-0.2, -0.15) is 0 Å². The quantitative estimate of drug-likeness (QED) is 0.739. The Balaban J connectivity index is 1.55. The van der Waals surface area contributed by atoms with E-state index in [0.29, 0.717) is 6.54 Å².